The van der Waals surface area contributed by atoms with Crippen LogP contribution >= 0.6 is 38.9 Å². The van der Waals surface area contributed by atoms with Gasteiger partial charge in [0.05, 0.1) is 20.4 Å². The first kappa shape index (κ1) is 11.2. The van der Waals surface area contributed by atoms with Crippen molar-refractivity contribution >= 4 is 49.9 Å². The maximum Gasteiger partial charge on any atom is 0.146 e. The van der Waals surface area contributed by atoms with E-state index in [1.54, 1.807) is 17.7 Å². The van der Waals surface area contributed by atoms with E-state index in [0.29, 0.717) is 5.15 Å². The summed E-state index contributed by atoms with van der Waals surface area (Å²) in [5, 5.41) is 3.63. The monoisotopic (exact) mass is 327 g/mol. The van der Waals surface area contributed by atoms with Gasteiger partial charge in [-0.25, -0.2) is 9.97 Å². The SMILES string of the molecule is Cn1c(Cl)c(Br)c2c(-c3cccs3)ncnc21. The molecule has 0 bridgehead atoms. The fraction of sp³-hybridized carbons (Fsp3) is 0.0909. The van der Waals surface area contributed by atoms with E-state index in [1.807, 2.05) is 29.1 Å². The van der Waals surface area contributed by atoms with Crippen LogP contribution in [0, 0.1) is 0 Å². The van der Waals surface area contributed by atoms with Crippen molar-refractivity contribution in [2.24, 2.45) is 7.05 Å². The predicted octanol–water partition coefficient (Wildman–Crippen LogP) is 4.11. The fourth-order valence-corrected chi connectivity index (χ4v) is 3.31. The molecular formula is C11H7BrClN3S. The van der Waals surface area contributed by atoms with E-state index in [4.69, 9.17) is 11.6 Å². The second-order valence-corrected chi connectivity index (χ2v) is 5.66. The average Bonchev–Trinajstić information content (AvgIpc) is 2.94. The number of hydrogen-bond acceptors (Lipinski definition) is 3. The molecular weight excluding hydrogens is 322 g/mol. The molecule has 0 aromatic carbocycles. The maximum atomic E-state index is 6.21. The zero-order chi connectivity index (χ0) is 12.0. The first-order chi connectivity index (χ1) is 8.20. The Kier molecular flexibility index (Phi) is 2.69. The van der Waals surface area contributed by atoms with Crippen LogP contribution in [0.2, 0.25) is 5.15 Å². The number of nitrogens with zero attached hydrogens (tertiary/aromatic N) is 3. The van der Waals surface area contributed by atoms with Crippen LogP contribution in [0.3, 0.4) is 0 Å². The molecule has 3 nitrogen and oxygen atoms in total. The molecule has 3 aromatic rings. The van der Waals surface area contributed by atoms with E-state index < -0.39 is 0 Å². The van der Waals surface area contributed by atoms with Crippen LogP contribution in [0.5, 0.6) is 0 Å². The number of aryl methyl sites for hydroxylation is 1. The highest BCUT2D eigenvalue weighted by atomic mass is 79.9. The normalized spacial score (nSPS) is 11.2. The standard InChI is InChI=1S/C11H7BrClN3S/c1-16-10(13)8(12)7-9(6-3-2-4-17-6)14-5-15-11(7)16/h2-5H,1H3. The number of fused-ring (bicyclic) bond motifs is 1. The Hall–Kier alpha value is -0.910. The minimum atomic E-state index is 0.637. The predicted molar refractivity (Wildman–Crippen MR) is 74.5 cm³/mol. The van der Waals surface area contributed by atoms with Gasteiger partial charge in [0.2, 0.25) is 0 Å². The van der Waals surface area contributed by atoms with Crippen LogP contribution in [-0.2, 0) is 7.05 Å². The molecule has 3 aromatic heterocycles. The Labute approximate surface area is 115 Å². The van der Waals surface area contributed by atoms with Crippen molar-refractivity contribution in [3.63, 3.8) is 0 Å². The van der Waals surface area contributed by atoms with Crippen LogP contribution in [0.15, 0.2) is 28.3 Å². The van der Waals surface area contributed by atoms with Crippen molar-refractivity contribution in [2.75, 3.05) is 0 Å². The summed E-state index contributed by atoms with van der Waals surface area (Å²) in [6.45, 7) is 0. The van der Waals surface area contributed by atoms with Crippen molar-refractivity contribution in [3.05, 3.63) is 33.5 Å². The molecule has 0 radical (unpaired) electrons. The quantitative estimate of drug-likeness (QED) is 0.673. The van der Waals surface area contributed by atoms with E-state index in [-0.39, 0.29) is 0 Å². The second kappa shape index (κ2) is 4.08. The van der Waals surface area contributed by atoms with Crippen molar-refractivity contribution in [2.45, 2.75) is 0 Å². The molecule has 86 valence electrons. The topological polar surface area (TPSA) is 30.7 Å². The first-order valence-corrected chi connectivity index (χ1v) is 6.93. The third-order valence-electron chi connectivity index (χ3n) is 2.59. The molecule has 0 N–H and O–H groups in total. The minimum Gasteiger partial charge on any atom is -0.318 e. The van der Waals surface area contributed by atoms with Crippen LogP contribution in [0.1, 0.15) is 0 Å². The lowest BCUT2D eigenvalue weighted by atomic mass is 10.2. The van der Waals surface area contributed by atoms with Crippen molar-refractivity contribution in [1.82, 2.24) is 14.5 Å². The summed E-state index contributed by atoms with van der Waals surface area (Å²) in [4.78, 5) is 9.75. The highest BCUT2D eigenvalue weighted by molar-refractivity contribution is 9.10. The Bertz CT molecular complexity index is 690. The third kappa shape index (κ3) is 1.61. The van der Waals surface area contributed by atoms with E-state index in [9.17, 15) is 0 Å². The molecule has 3 rings (SSSR count). The van der Waals surface area contributed by atoms with Gasteiger partial charge in [-0.05, 0) is 27.4 Å². The second-order valence-electron chi connectivity index (χ2n) is 3.56. The minimum absolute atomic E-state index is 0.637. The molecule has 0 amide bonds. The molecule has 0 aliphatic rings. The molecule has 0 aliphatic carbocycles. The number of aromatic nitrogens is 3. The van der Waals surface area contributed by atoms with E-state index in [2.05, 4.69) is 25.9 Å². The molecule has 3 heterocycles. The summed E-state index contributed by atoms with van der Waals surface area (Å²) < 4.78 is 2.69. The summed E-state index contributed by atoms with van der Waals surface area (Å²) in [6, 6.07) is 4.05. The van der Waals surface area contributed by atoms with Gasteiger partial charge in [0.15, 0.2) is 0 Å². The molecule has 0 unspecified atom stereocenters. The Morgan fingerprint density at radius 2 is 2.24 bits per heavy atom. The molecule has 0 fully saturated rings. The highest BCUT2D eigenvalue weighted by Crippen LogP contribution is 2.38. The van der Waals surface area contributed by atoms with Gasteiger partial charge < -0.3 is 4.57 Å². The number of halogens is 2. The van der Waals surface area contributed by atoms with Gasteiger partial charge in [0, 0.05) is 7.05 Å². The molecule has 0 aliphatic heterocycles. The van der Waals surface area contributed by atoms with Gasteiger partial charge >= 0.3 is 0 Å². The van der Waals surface area contributed by atoms with Gasteiger partial charge in [-0.15, -0.1) is 11.3 Å². The lowest BCUT2D eigenvalue weighted by molar-refractivity contribution is 0.943. The summed E-state index contributed by atoms with van der Waals surface area (Å²) in [6.07, 6.45) is 1.57. The van der Waals surface area contributed by atoms with Crippen molar-refractivity contribution in [1.29, 1.82) is 0 Å². The molecule has 6 heteroatoms. The molecule has 17 heavy (non-hydrogen) atoms. The Balaban J connectivity index is 2.45. The van der Waals surface area contributed by atoms with Crippen molar-refractivity contribution < 1.29 is 0 Å². The summed E-state index contributed by atoms with van der Waals surface area (Å²) in [5.74, 6) is 0. The molecule has 0 atom stereocenters. The van der Waals surface area contributed by atoms with E-state index in [0.717, 1.165) is 26.1 Å². The lowest BCUT2D eigenvalue weighted by Gasteiger charge is -1.99. The summed E-state index contributed by atoms with van der Waals surface area (Å²) >= 11 is 11.4. The van der Waals surface area contributed by atoms with Gasteiger partial charge in [-0.3, -0.25) is 0 Å². The van der Waals surface area contributed by atoms with E-state index in [1.165, 1.54) is 0 Å². The van der Waals surface area contributed by atoms with Crippen LogP contribution in [-0.4, -0.2) is 14.5 Å². The maximum absolute atomic E-state index is 6.21. The fourth-order valence-electron chi connectivity index (χ4n) is 1.78. The van der Waals surface area contributed by atoms with Crippen molar-refractivity contribution in [3.8, 4) is 10.6 Å². The number of rotatable bonds is 1. The lowest BCUT2D eigenvalue weighted by Crippen LogP contribution is -1.91. The molecule has 0 saturated heterocycles. The summed E-state index contributed by atoms with van der Waals surface area (Å²) in [7, 11) is 1.89. The molecule has 0 spiro atoms. The largest absolute Gasteiger partial charge is 0.318 e. The highest BCUT2D eigenvalue weighted by Gasteiger charge is 2.17. The Morgan fingerprint density at radius 3 is 2.94 bits per heavy atom. The number of hydrogen-bond donors (Lipinski definition) is 0. The number of thiophene rings is 1. The zero-order valence-corrected chi connectivity index (χ0v) is 12.0. The third-order valence-corrected chi connectivity index (χ3v) is 4.91. The van der Waals surface area contributed by atoms with E-state index >= 15 is 0 Å². The van der Waals surface area contributed by atoms with Gasteiger partial charge in [0.1, 0.15) is 17.1 Å². The summed E-state index contributed by atoms with van der Waals surface area (Å²) in [5.41, 5.74) is 1.75. The first-order valence-electron chi connectivity index (χ1n) is 4.88. The van der Waals surface area contributed by atoms with Crippen LogP contribution in [0.25, 0.3) is 21.6 Å². The van der Waals surface area contributed by atoms with Crippen LogP contribution in [0.4, 0.5) is 0 Å². The zero-order valence-electron chi connectivity index (χ0n) is 8.82. The van der Waals surface area contributed by atoms with Gasteiger partial charge in [-0.1, -0.05) is 17.7 Å². The van der Waals surface area contributed by atoms with Crippen LogP contribution < -0.4 is 0 Å². The Morgan fingerprint density at radius 1 is 1.41 bits per heavy atom. The smallest absolute Gasteiger partial charge is 0.146 e. The molecule has 0 saturated carbocycles. The van der Waals surface area contributed by atoms with Gasteiger partial charge in [0.25, 0.3) is 0 Å². The average molecular weight is 329 g/mol. The van der Waals surface area contributed by atoms with Gasteiger partial charge in [-0.2, -0.15) is 0 Å².